The molecule has 0 spiro atoms. The van der Waals surface area contributed by atoms with Crippen molar-refractivity contribution < 1.29 is 9.53 Å². The number of esters is 1. The van der Waals surface area contributed by atoms with E-state index in [0.29, 0.717) is 12.2 Å². The highest BCUT2D eigenvalue weighted by atomic mass is 16.5. The lowest BCUT2D eigenvalue weighted by atomic mass is 9.92. The molecule has 2 heteroatoms. The van der Waals surface area contributed by atoms with Crippen molar-refractivity contribution in [2.24, 2.45) is 0 Å². The Morgan fingerprint density at radius 2 is 1.48 bits per heavy atom. The molecule has 0 amide bonds. The molecule has 0 saturated heterocycles. The zero-order chi connectivity index (χ0) is 17.5. The third-order valence-corrected chi connectivity index (χ3v) is 4.51. The van der Waals surface area contributed by atoms with Gasteiger partial charge < -0.3 is 4.74 Å². The minimum atomic E-state index is -0.273. The molecule has 2 aromatic carbocycles. The van der Waals surface area contributed by atoms with Crippen molar-refractivity contribution in [3.05, 3.63) is 82.6 Å². The lowest BCUT2D eigenvalue weighted by Gasteiger charge is -2.13. The van der Waals surface area contributed by atoms with Crippen molar-refractivity contribution >= 4 is 11.5 Å². The molecular formula is C23H24O2. The molecule has 2 nitrogen and oxygen atoms in total. The molecule has 0 heterocycles. The van der Waals surface area contributed by atoms with Crippen molar-refractivity contribution in [3.8, 4) is 0 Å². The zero-order valence-corrected chi connectivity index (χ0v) is 14.8. The summed E-state index contributed by atoms with van der Waals surface area (Å²) in [6, 6.07) is 18.0. The molecule has 0 unspecified atom stereocenters. The molecule has 0 bridgehead atoms. The van der Waals surface area contributed by atoms with Crippen LogP contribution in [0.25, 0.3) is 5.57 Å². The summed E-state index contributed by atoms with van der Waals surface area (Å²) in [5.41, 5.74) is 9.01. The molecule has 128 valence electrons. The molecule has 2 aromatic rings. The number of hydrogen-bond donors (Lipinski definition) is 0. The second kappa shape index (κ2) is 8.50. The largest absolute Gasteiger partial charge is 0.462 e. The van der Waals surface area contributed by atoms with E-state index in [4.69, 9.17) is 4.74 Å². The van der Waals surface area contributed by atoms with E-state index in [-0.39, 0.29) is 5.97 Å². The fourth-order valence-corrected chi connectivity index (χ4v) is 3.18. The third kappa shape index (κ3) is 4.49. The molecule has 0 atom stereocenters. The van der Waals surface area contributed by atoms with Crippen LogP contribution in [0.5, 0.6) is 0 Å². The van der Waals surface area contributed by atoms with Crippen LogP contribution in [0.15, 0.2) is 65.9 Å². The fourth-order valence-electron chi connectivity index (χ4n) is 3.18. The van der Waals surface area contributed by atoms with Gasteiger partial charge in [0.05, 0.1) is 12.2 Å². The number of rotatable bonds is 4. The third-order valence-electron chi connectivity index (χ3n) is 4.51. The van der Waals surface area contributed by atoms with Gasteiger partial charge in [-0.25, -0.2) is 4.79 Å². The number of benzene rings is 2. The zero-order valence-electron chi connectivity index (χ0n) is 14.8. The van der Waals surface area contributed by atoms with E-state index in [1.165, 1.54) is 24.8 Å². The van der Waals surface area contributed by atoms with Crippen molar-refractivity contribution in [2.75, 3.05) is 6.61 Å². The quantitative estimate of drug-likeness (QED) is 0.523. The van der Waals surface area contributed by atoms with Crippen molar-refractivity contribution in [1.29, 1.82) is 0 Å². The van der Waals surface area contributed by atoms with Gasteiger partial charge in [-0.3, -0.25) is 0 Å². The Balaban J connectivity index is 2.00. The highest BCUT2D eigenvalue weighted by Crippen LogP contribution is 2.27. The molecule has 0 radical (unpaired) electrons. The average Bonchev–Trinajstić information content (AvgIpc) is 2.68. The summed E-state index contributed by atoms with van der Waals surface area (Å²) in [4.78, 5) is 11.9. The Morgan fingerprint density at radius 3 is 2.12 bits per heavy atom. The van der Waals surface area contributed by atoms with E-state index in [1.807, 2.05) is 37.3 Å². The first-order chi connectivity index (χ1) is 12.3. The van der Waals surface area contributed by atoms with Crippen LogP contribution in [-0.4, -0.2) is 12.6 Å². The second-order valence-electron chi connectivity index (χ2n) is 6.33. The number of hydrogen-bond acceptors (Lipinski definition) is 2. The molecule has 1 saturated carbocycles. The topological polar surface area (TPSA) is 26.3 Å². The van der Waals surface area contributed by atoms with Gasteiger partial charge in [-0.05, 0) is 61.4 Å². The molecule has 1 aliphatic rings. The van der Waals surface area contributed by atoms with Crippen molar-refractivity contribution in [2.45, 2.75) is 39.0 Å². The summed E-state index contributed by atoms with van der Waals surface area (Å²) in [7, 11) is 0. The number of allylic oxidation sites excluding steroid dienone is 1. The molecule has 1 aliphatic carbocycles. The van der Waals surface area contributed by atoms with Crippen LogP contribution in [0.4, 0.5) is 0 Å². The predicted octanol–water partition coefficient (Wildman–Crippen LogP) is 5.78. The lowest BCUT2D eigenvalue weighted by molar-refractivity contribution is 0.0526. The van der Waals surface area contributed by atoms with Crippen LogP contribution in [0.1, 0.15) is 60.5 Å². The van der Waals surface area contributed by atoms with Crippen molar-refractivity contribution in [1.82, 2.24) is 0 Å². The van der Waals surface area contributed by atoms with Gasteiger partial charge in [0.15, 0.2) is 0 Å². The molecule has 3 rings (SSSR count). The van der Waals surface area contributed by atoms with E-state index >= 15 is 0 Å². The predicted molar refractivity (Wildman–Crippen MR) is 101 cm³/mol. The minimum Gasteiger partial charge on any atom is -0.462 e. The number of ether oxygens (including phenoxy) is 1. The highest BCUT2D eigenvalue weighted by molar-refractivity contribution is 5.90. The van der Waals surface area contributed by atoms with E-state index in [0.717, 1.165) is 29.5 Å². The van der Waals surface area contributed by atoms with E-state index in [2.05, 4.69) is 30.0 Å². The second-order valence-corrected chi connectivity index (χ2v) is 6.33. The maximum Gasteiger partial charge on any atom is 0.338 e. The summed E-state index contributed by atoms with van der Waals surface area (Å²) in [5, 5.41) is 0. The van der Waals surface area contributed by atoms with Gasteiger partial charge in [-0.1, -0.05) is 48.9 Å². The monoisotopic (exact) mass is 332 g/mol. The Morgan fingerprint density at radius 1 is 0.880 bits per heavy atom. The van der Waals surface area contributed by atoms with E-state index < -0.39 is 0 Å². The first-order valence-electron chi connectivity index (χ1n) is 9.09. The van der Waals surface area contributed by atoms with Crippen LogP contribution in [-0.2, 0) is 4.74 Å². The first kappa shape index (κ1) is 17.3. The van der Waals surface area contributed by atoms with E-state index in [9.17, 15) is 4.79 Å². The van der Waals surface area contributed by atoms with Crippen LogP contribution in [0.2, 0.25) is 0 Å². The van der Waals surface area contributed by atoms with Gasteiger partial charge in [0, 0.05) is 5.57 Å². The Hall–Kier alpha value is -2.57. The Labute approximate surface area is 149 Å². The van der Waals surface area contributed by atoms with Crippen LogP contribution < -0.4 is 0 Å². The smallest absolute Gasteiger partial charge is 0.338 e. The van der Waals surface area contributed by atoms with E-state index in [1.54, 1.807) is 0 Å². The van der Waals surface area contributed by atoms with Gasteiger partial charge in [0.25, 0.3) is 0 Å². The SMILES string of the molecule is CCOC(=O)c1ccc(C(=C=C2CCCCC2)c2ccccc2)cc1. The summed E-state index contributed by atoms with van der Waals surface area (Å²) >= 11 is 0. The summed E-state index contributed by atoms with van der Waals surface area (Å²) in [5.74, 6) is -0.273. The van der Waals surface area contributed by atoms with Gasteiger partial charge in [0.1, 0.15) is 0 Å². The van der Waals surface area contributed by atoms with Gasteiger partial charge in [0.2, 0.25) is 0 Å². The molecule has 0 aliphatic heterocycles. The Kier molecular flexibility index (Phi) is 5.87. The van der Waals surface area contributed by atoms with Gasteiger partial charge >= 0.3 is 5.97 Å². The number of carbonyl (C=O) groups is 1. The normalized spacial score (nSPS) is 13.9. The Bertz CT molecular complexity index is 771. The summed E-state index contributed by atoms with van der Waals surface area (Å²) < 4.78 is 5.07. The van der Waals surface area contributed by atoms with Crippen LogP contribution >= 0.6 is 0 Å². The molecule has 1 fully saturated rings. The van der Waals surface area contributed by atoms with Gasteiger partial charge in [-0.2, -0.15) is 0 Å². The maximum absolute atomic E-state index is 11.9. The fraction of sp³-hybridized carbons (Fsp3) is 0.304. The summed E-state index contributed by atoms with van der Waals surface area (Å²) in [6.07, 6.45) is 6.10. The lowest BCUT2D eigenvalue weighted by Crippen LogP contribution is -2.04. The van der Waals surface area contributed by atoms with Crippen LogP contribution in [0, 0.1) is 0 Å². The summed E-state index contributed by atoms with van der Waals surface area (Å²) in [6.45, 7) is 2.21. The average molecular weight is 332 g/mol. The maximum atomic E-state index is 11.9. The van der Waals surface area contributed by atoms with Crippen molar-refractivity contribution in [3.63, 3.8) is 0 Å². The minimum absolute atomic E-state index is 0.273. The highest BCUT2D eigenvalue weighted by Gasteiger charge is 2.10. The molecule has 0 N–H and O–H groups in total. The molecule has 25 heavy (non-hydrogen) atoms. The van der Waals surface area contributed by atoms with Crippen LogP contribution in [0.3, 0.4) is 0 Å². The number of carbonyl (C=O) groups excluding carboxylic acids is 1. The standard InChI is InChI=1S/C23H24O2/c1-2-25-23(24)21-15-13-20(14-16-21)22(19-11-7-4-8-12-19)17-18-9-5-3-6-10-18/h4,7-8,11-16H,2-3,5-6,9-10H2,1H3. The molecular weight excluding hydrogens is 308 g/mol. The first-order valence-corrected chi connectivity index (χ1v) is 9.09. The molecule has 0 aromatic heterocycles. The van der Waals surface area contributed by atoms with Gasteiger partial charge in [-0.15, -0.1) is 5.73 Å².